The molecule has 0 unspecified atom stereocenters. The van der Waals surface area contributed by atoms with Crippen LogP contribution in [-0.4, -0.2) is 19.9 Å². The van der Waals surface area contributed by atoms with Crippen LogP contribution >= 0.6 is 0 Å². The summed E-state index contributed by atoms with van der Waals surface area (Å²) in [6.07, 6.45) is 0. The van der Waals surface area contributed by atoms with E-state index >= 15 is 0 Å². The molecule has 1 N–H and O–H groups in total. The summed E-state index contributed by atoms with van der Waals surface area (Å²) in [6.45, 7) is 11.5. The molecular formula is C7H16O2Si. The molecule has 10 heavy (non-hydrogen) atoms. The quantitative estimate of drug-likeness (QED) is 0.469. The lowest BCUT2D eigenvalue weighted by molar-refractivity contribution is -0.132. The minimum atomic E-state index is -0.935. The van der Waals surface area contributed by atoms with Gasteiger partial charge in [-0.1, -0.05) is 26.2 Å². The predicted molar refractivity (Wildman–Crippen MR) is 47.2 cm³/mol. The average molecular weight is 160 g/mol. The van der Waals surface area contributed by atoms with E-state index in [4.69, 9.17) is 5.11 Å². The van der Waals surface area contributed by atoms with E-state index in [-0.39, 0.29) is 14.4 Å². The van der Waals surface area contributed by atoms with Crippen molar-refractivity contribution in [3.8, 4) is 0 Å². The van der Waals surface area contributed by atoms with Crippen LogP contribution in [0.3, 0.4) is 0 Å². The van der Waals surface area contributed by atoms with Crippen LogP contribution in [0, 0.1) is 0 Å². The van der Waals surface area contributed by atoms with Crippen molar-refractivity contribution < 1.29 is 9.90 Å². The van der Waals surface area contributed by atoms with Crippen molar-refractivity contribution in [3.63, 3.8) is 0 Å². The van der Waals surface area contributed by atoms with Crippen molar-refractivity contribution in [1.29, 1.82) is 0 Å². The van der Waals surface area contributed by atoms with E-state index in [9.17, 15) is 4.79 Å². The van der Waals surface area contributed by atoms with Gasteiger partial charge in [0.2, 0.25) is 0 Å². The molecule has 0 fully saturated rings. The van der Waals surface area contributed by atoms with E-state index in [0.717, 1.165) is 0 Å². The van der Waals surface area contributed by atoms with Gasteiger partial charge in [0.25, 0.3) is 0 Å². The maximum atomic E-state index is 9.60. The van der Waals surface area contributed by atoms with Gasteiger partial charge in [0.15, 0.2) is 0 Å². The van der Waals surface area contributed by atoms with Gasteiger partial charge in [0, 0.05) is 14.4 Å². The highest BCUT2D eigenvalue weighted by Gasteiger charge is 1.90. The van der Waals surface area contributed by atoms with Crippen LogP contribution in [0.2, 0.25) is 19.6 Å². The van der Waals surface area contributed by atoms with Crippen LogP contribution in [0.15, 0.2) is 12.2 Å². The highest BCUT2D eigenvalue weighted by atomic mass is 28.3. The van der Waals surface area contributed by atoms with E-state index < -0.39 is 5.97 Å². The fraction of sp³-hybridized carbons (Fsp3) is 0.571. The maximum absolute atomic E-state index is 9.60. The molecule has 60 valence electrons. The Morgan fingerprint density at radius 2 is 1.50 bits per heavy atom. The number of carbonyl (C=O) groups is 1. The molecule has 0 aliphatic carbocycles. The van der Waals surface area contributed by atoms with Gasteiger partial charge in [0.1, 0.15) is 0 Å². The van der Waals surface area contributed by atoms with E-state index in [2.05, 4.69) is 26.2 Å². The van der Waals surface area contributed by atoms with Crippen LogP contribution in [0.5, 0.6) is 0 Å². The first-order valence-corrected chi connectivity index (χ1v) is 6.73. The summed E-state index contributed by atoms with van der Waals surface area (Å²) >= 11 is 0. The highest BCUT2D eigenvalue weighted by Crippen LogP contribution is 1.81. The largest absolute Gasteiger partial charge is 0.478 e. The summed E-state index contributed by atoms with van der Waals surface area (Å²) in [5, 5.41) is 7.89. The maximum Gasteiger partial charge on any atom is 0.330 e. The van der Waals surface area contributed by atoms with Crippen LogP contribution < -0.4 is 0 Å². The summed E-state index contributed by atoms with van der Waals surface area (Å²) in [5.41, 5.74) is 0.176. The minimum Gasteiger partial charge on any atom is -0.478 e. The number of carboxylic acids is 1. The van der Waals surface area contributed by atoms with Crippen LogP contribution in [0.25, 0.3) is 0 Å². The first-order valence-electron chi connectivity index (χ1n) is 3.26. The Balaban J connectivity index is 0. The standard InChI is InChI=1S/C4H6O2.C3H10Si/c1-3(2)4(5)6;1-4(2)3/h1H2,2H3,(H,5,6);4H,1-3H3. The second kappa shape index (κ2) is 6.55. The third-order valence-electron chi connectivity index (χ3n) is 0.365. The minimum absolute atomic E-state index is 0.139. The topological polar surface area (TPSA) is 37.3 Å². The Hall–Kier alpha value is -0.573. The van der Waals surface area contributed by atoms with Crippen molar-refractivity contribution in [2.75, 3.05) is 0 Å². The summed E-state index contributed by atoms with van der Waals surface area (Å²) in [5.74, 6) is -0.935. The molecule has 2 nitrogen and oxygen atoms in total. The molecule has 0 aromatic rings. The van der Waals surface area contributed by atoms with Crippen molar-refractivity contribution >= 4 is 14.8 Å². The first-order chi connectivity index (χ1) is 4.37. The Morgan fingerprint density at radius 3 is 1.50 bits per heavy atom. The Morgan fingerprint density at radius 1 is 1.40 bits per heavy atom. The van der Waals surface area contributed by atoms with Crippen molar-refractivity contribution in [1.82, 2.24) is 0 Å². The van der Waals surface area contributed by atoms with Gasteiger partial charge in [-0.3, -0.25) is 0 Å². The molecule has 0 aromatic heterocycles. The van der Waals surface area contributed by atoms with Crippen molar-refractivity contribution in [2.45, 2.75) is 26.6 Å². The van der Waals surface area contributed by atoms with Crippen LogP contribution in [-0.2, 0) is 4.79 Å². The molecule has 0 heterocycles. The second-order valence-electron chi connectivity index (χ2n) is 2.82. The van der Waals surface area contributed by atoms with Crippen molar-refractivity contribution in [2.24, 2.45) is 0 Å². The number of rotatable bonds is 1. The highest BCUT2D eigenvalue weighted by molar-refractivity contribution is 6.54. The zero-order valence-corrected chi connectivity index (χ0v) is 8.29. The van der Waals surface area contributed by atoms with Gasteiger partial charge in [0.05, 0.1) is 0 Å². The summed E-state index contributed by atoms with van der Waals surface area (Å²) in [4.78, 5) is 9.60. The third-order valence-corrected chi connectivity index (χ3v) is 0.365. The molecule has 3 heteroatoms. The Bertz CT molecular complexity index is 104. The number of aliphatic carboxylic acids is 1. The van der Waals surface area contributed by atoms with Gasteiger partial charge in [-0.15, -0.1) is 0 Å². The van der Waals surface area contributed by atoms with E-state index in [1.165, 1.54) is 6.92 Å². The average Bonchev–Trinajstić information content (AvgIpc) is 1.63. The summed E-state index contributed by atoms with van der Waals surface area (Å²) in [7, 11) is -0.139. The fourth-order valence-corrected chi connectivity index (χ4v) is 0. The molecule has 0 aliphatic heterocycles. The zero-order valence-electron chi connectivity index (χ0n) is 7.14. The van der Waals surface area contributed by atoms with Gasteiger partial charge >= 0.3 is 5.97 Å². The number of carboxylic acid groups (broad SMARTS) is 1. The molecule has 0 rings (SSSR count). The lowest BCUT2D eigenvalue weighted by Gasteiger charge is -1.79. The smallest absolute Gasteiger partial charge is 0.330 e. The van der Waals surface area contributed by atoms with Gasteiger partial charge in [-0.2, -0.15) is 0 Å². The third kappa shape index (κ3) is 26.1. The van der Waals surface area contributed by atoms with E-state index in [1.54, 1.807) is 0 Å². The monoisotopic (exact) mass is 160 g/mol. The lowest BCUT2D eigenvalue weighted by Crippen LogP contribution is -1.92. The molecule has 0 atom stereocenters. The fourth-order valence-electron chi connectivity index (χ4n) is 0. The number of hydrogen-bond donors (Lipinski definition) is 1. The lowest BCUT2D eigenvalue weighted by atomic mass is 10.4. The molecule has 0 aromatic carbocycles. The van der Waals surface area contributed by atoms with Gasteiger partial charge < -0.3 is 5.11 Å². The van der Waals surface area contributed by atoms with Crippen LogP contribution in [0.1, 0.15) is 6.92 Å². The number of hydrogen-bond acceptors (Lipinski definition) is 1. The summed E-state index contributed by atoms with van der Waals surface area (Å²) < 4.78 is 0. The Kier molecular flexibility index (Phi) is 7.94. The van der Waals surface area contributed by atoms with Gasteiger partial charge in [-0.25, -0.2) is 4.79 Å². The van der Waals surface area contributed by atoms with Gasteiger partial charge in [-0.05, 0) is 6.92 Å². The van der Waals surface area contributed by atoms with E-state index in [0.29, 0.717) is 0 Å². The molecule has 0 saturated carbocycles. The molecule has 0 aliphatic rings. The SMILES string of the molecule is C=C(C)C(=O)O.C[SiH](C)C. The molecule has 0 amide bonds. The van der Waals surface area contributed by atoms with Crippen LogP contribution in [0.4, 0.5) is 0 Å². The van der Waals surface area contributed by atoms with Crippen molar-refractivity contribution in [3.05, 3.63) is 12.2 Å². The molecular weight excluding hydrogens is 144 g/mol. The predicted octanol–water partition coefficient (Wildman–Crippen LogP) is 1.75. The van der Waals surface area contributed by atoms with E-state index in [1.807, 2.05) is 0 Å². The zero-order chi connectivity index (χ0) is 8.73. The molecule has 0 bridgehead atoms. The second-order valence-corrected chi connectivity index (χ2v) is 6.28. The molecule has 0 radical (unpaired) electrons. The summed E-state index contributed by atoms with van der Waals surface area (Å²) in [6, 6.07) is 0. The molecule has 0 spiro atoms. The Labute approximate surface area is 64.2 Å². The normalized spacial score (nSPS) is 8.10. The molecule has 0 saturated heterocycles. The first kappa shape index (κ1) is 12.1.